The number of nitrogens with one attached hydrogen (secondary N) is 1. The van der Waals surface area contributed by atoms with Crippen LogP contribution in [0.25, 0.3) is 0 Å². The largest absolute Gasteiger partial charge is 0.496 e. The van der Waals surface area contributed by atoms with Crippen molar-refractivity contribution in [2.24, 2.45) is 0 Å². The summed E-state index contributed by atoms with van der Waals surface area (Å²) < 4.78 is 37.7. The summed E-state index contributed by atoms with van der Waals surface area (Å²) in [6, 6.07) is 4.44. The van der Waals surface area contributed by atoms with E-state index in [-0.39, 0.29) is 16.4 Å². The molecule has 0 aromatic heterocycles. The van der Waals surface area contributed by atoms with E-state index in [9.17, 15) is 13.2 Å². The maximum absolute atomic E-state index is 12.9. The highest BCUT2D eigenvalue weighted by Gasteiger charge is 2.28. The first kappa shape index (κ1) is 22.4. The molecule has 1 aromatic rings. The second-order valence-corrected chi connectivity index (χ2v) is 10.6. The van der Waals surface area contributed by atoms with Crippen LogP contribution >= 0.6 is 11.8 Å². The minimum Gasteiger partial charge on any atom is -0.496 e. The van der Waals surface area contributed by atoms with Crippen LogP contribution in [0.4, 0.5) is 0 Å². The highest BCUT2D eigenvalue weighted by Crippen LogP contribution is 2.28. The molecule has 1 aliphatic heterocycles. The standard InChI is InChI=1S/C20H30N2O5S2/c1-26-19-8-7-17(29(24,25)22-10-12-27-13-11-22)15-18(19)20(23)21-9-14-28-16-5-3-2-4-6-16/h7-8,15-16H,2-6,9-14H2,1H3,(H,21,23). The molecular weight excluding hydrogens is 412 g/mol. The number of sulfonamides is 1. The summed E-state index contributed by atoms with van der Waals surface area (Å²) >= 11 is 1.91. The monoisotopic (exact) mass is 442 g/mol. The van der Waals surface area contributed by atoms with Crippen molar-refractivity contribution < 1.29 is 22.7 Å². The van der Waals surface area contributed by atoms with E-state index in [0.717, 1.165) is 5.75 Å². The Morgan fingerprint density at radius 2 is 1.97 bits per heavy atom. The van der Waals surface area contributed by atoms with E-state index in [2.05, 4.69) is 5.32 Å². The number of thioether (sulfide) groups is 1. The van der Waals surface area contributed by atoms with Gasteiger partial charge in [0.1, 0.15) is 5.75 Å². The molecule has 0 radical (unpaired) electrons. The number of ether oxygens (including phenoxy) is 2. The summed E-state index contributed by atoms with van der Waals surface area (Å²) in [5, 5.41) is 3.60. The number of hydrogen-bond acceptors (Lipinski definition) is 6. The van der Waals surface area contributed by atoms with Crippen LogP contribution in [-0.2, 0) is 14.8 Å². The second-order valence-electron chi connectivity index (χ2n) is 7.27. The molecule has 1 aromatic carbocycles. The lowest BCUT2D eigenvalue weighted by molar-refractivity contribution is 0.0730. The molecular formula is C20H30N2O5S2. The first-order chi connectivity index (χ1) is 14.0. The minimum atomic E-state index is -3.67. The third kappa shape index (κ3) is 5.87. The fourth-order valence-electron chi connectivity index (χ4n) is 3.68. The van der Waals surface area contributed by atoms with E-state index in [1.165, 1.54) is 55.7 Å². The van der Waals surface area contributed by atoms with Crippen LogP contribution in [0.3, 0.4) is 0 Å². The molecule has 2 fully saturated rings. The number of hydrogen-bond donors (Lipinski definition) is 1. The average molecular weight is 443 g/mol. The summed E-state index contributed by atoms with van der Waals surface area (Å²) in [5.74, 6) is 0.901. The molecule has 0 bridgehead atoms. The molecule has 29 heavy (non-hydrogen) atoms. The number of nitrogens with zero attached hydrogens (tertiary/aromatic N) is 1. The molecule has 9 heteroatoms. The van der Waals surface area contributed by atoms with Gasteiger partial charge in [0, 0.05) is 30.6 Å². The first-order valence-electron chi connectivity index (χ1n) is 10.2. The zero-order chi connectivity index (χ0) is 20.7. The Kier molecular flexibility index (Phi) is 8.23. The number of benzene rings is 1. The van der Waals surface area contributed by atoms with Gasteiger partial charge in [0.25, 0.3) is 5.91 Å². The van der Waals surface area contributed by atoms with Gasteiger partial charge in [-0.05, 0) is 31.0 Å². The predicted molar refractivity (Wildman–Crippen MR) is 114 cm³/mol. The number of methoxy groups -OCH3 is 1. The van der Waals surface area contributed by atoms with E-state index < -0.39 is 10.0 Å². The quantitative estimate of drug-likeness (QED) is 0.623. The maximum atomic E-state index is 12.9. The van der Waals surface area contributed by atoms with Crippen molar-refractivity contribution in [3.05, 3.63) is 23.8 Å². The fourth-order valence-corrected chi connectivity index (χ4v) is 6.33. The normalized spacial score (nSPS) is 19.1. The van der Waals surface area contributed by atoms with Gasteiger partial charge in [-0.1, -0.05) is 19.3 Å². The van der Waals surface area contributed by atoms with Crippen LogP contribution < -0.4 is 10.1 Å². The third-order valence-corrected chi connectivity index (χ3v) is 8.59. The van der Waals surface area contributed by atoms with E-state index in [1.54, 1.807) is 6.07 Å². The van der Waals surface area contributed by atoms with E-state index in [1.807, 2.05) is 11.8 Å². The number of amides is 1. The van der Waals surface area contributed by atoms with Gasteiger partial charge >= 0.3 is 0 Å². The Balaban J connectivity index is 1.63. The predicted octanol–water partition coefficient (Wildman–Crippen LogP) is 2.51. The molecule has 1 amide bonds. The molecule has 1 aliphatic carbocycles. The summed E-state index contributed by atoms with van der Waals surface area (Å²) in [5.41, 5.74) is 0.240. The van der Waals surface area contributed by atoms with Gasteiger partial charge in [-0.2, -0.15) is 16.1 Å². The fraction of sp³-hybridized carbons (Fsp3) is 0.650. The highest BCUT2D eigenvalue weighted by molar-refractivity contribution is 7.99. The van der Waals surface area contributed by atoms with Crippen molar-refractivity contribution in [1.82, 2.24) is 9.62 Å². The van der Waals surface area contributed by atoms with Crippen molar-refractivity contribution in [3.8, 4) is 5.75 Å². The minimum absolute atomic E-state index is 0.0990. The summed E-state index contributed by atoms with van der Waals surface area (Å²) in [6.45, 7) is 1.93. The van der Waals surface area contributed by atoms with Crippen LogP contribution in [-0.4, -0.2) is 69.6 Å². The Morgan fingerprint density at radius 3 is 2.66 bits per heavy atom. The van der Waals surface area contributed by atoms with Gasteiger partial charge in [-0.15, -0.1) is 0 Å². The second kappa shape index (κ2) is 10.7. The summed E-state index contributed by atoms with van der Waals surface area (Å²) in [6.07, 6.45) is 6.44. The van der Waals surface area contributed by atoms with Gasteiger partial charge in [0.05, 0.1) is 30.8 Å². The van der Waals surface area contributed by atoms with Crippen LogP contribution in [0.1, 0.15) is 42.5 Å². The van der Waals surface area contributed by atoms with Crippen LogP contribution in [0.2, 0.25) is 0 Å². The van der Waals surface area contributed by atoms with Crippen molar-refractivity contribution in [2.75, 3.05) is 45.7 Å². The molecule has 0 unspecified atom stereocenters. The SMILES string of the molecule is COc1ccc(S(=O)(=O)N2CCOCC2)cc1C(=O)NCCSC1CCCCC1. The van der Waals surface area contributed by atoms with Gasteiger partial charge in [-0.3, -0.25) is 4.79 Å². The molecule has 162 valence electrons. The molecule has 2 aliphatic rings. The molecule has 1 saturated heterocycles. The number of carbonyl (C=O) groups excluding carboxylic acids is 1. The van der Waals surface area contributed by atoms with Crippen LogP contribution in [0, 0.1) is 0 Å². The Morgan fingerprint density at radius 1 is 1.24 bits per heavy atom. The van der Waals surface area contributed by atoms with Crippen molar-refractivity contribution in [1.29, 1.82) is 0 Å². The van der Waals surface area contributed by atoms with Gasteiger partial charge in [-0.25, -0.2) is 8.42 Å². The molecule has 0 spiro atoms. The lowest BCUT2D eigenvalue weighted by Crippen LogP contribution is -2.40. The zero-order valence-corrected chi connectivity index (χ0v) is 18.5. The Labute approximate surface area is 177 Å². The molecule has 3 rings (SSSR count). The van der Waals surface area contributed by atoms with E-state index in [4.69, 9.17) is 9.47 Å². The van der Waals surface area contributed by atoms with Crippen LogP contribution in [0.5, 0.6) is 5.75 Å². The number of rotatable bonds is 8. The van der Waals surface area contributed by atoms with Gasteiger partial charge < -0.3 is 14.8 Å². The average Bonchev–Trinajstić information content (AvgIpc) is 2.77. The highest BCUT2D eigenvalue weighted by atomic mass is 32.2. The lowest BCUT2D eigenvalue weighted by atomic mass is 10.0. The number of carbonyl (C=O) groups is 1. The van der Waals surface area contributed by atoms with Gasteiger partial charge in [0.15, 0.2) is 0 Å². The molecule has 1 saturated carbocycles. The van der Waals surface area contributed by atoms with Crippen LogP contribution in [0.15, 0.2) is 23.1 Å². The molecule has 0 atom stereocenters. The maximum Gasteiger partial charge on any atom is 0.255 e. The molecule has 1 heterocycles. The van der Waals surface area contributed by atoms with E-state index in [0.29, 0.717) is 43.8 Å². The van der Waals surface area contributed by atoms with E-state index >= 15 is 0 Å². The Bertz CT molecular complexity index is 788. The smallest absolute Gasteiger partial charge is 0.255 e. The van der Waals surface area contributed by atoms with Crippen molar-refractivity contribution in [3.63, 3.8) is 0 Å². The lowest BCUT2D eigenvalue weighted by Gasteiger charge is -2.26. The summed E-state index contributed by atoms with van der Waals surface area (Å²) in [4.78, 5) is 12.8. The van der Waals surface area contributed by atoms with Gasteiger partial charge in [0.2, 0.25) is 10.0 Å². The third-order valence-electron chi connectivity index (χ3n) is 5.32. The van der Waals surface area contributed by atoms with Crippen molar-refractivity contribution >= 4 is 27.7 Å². The summed E-state index contributed by atoms with van der Waals surface area (Å²) in [7, 11) is -2.20. The zero-order valence-electron chi connectivity index (χ0n) is 16.9. The Hall–Kier alpha value is -1.29. The molecule has 7 nitrogen and oxygen atoms in total. The first-order valence-corrected chi connectivity index (χ1v) is 12.7. The molecule has 1 N–H and O–H groups in total. The topological polar surface area (TPSA) is 84.9 Å². The van der Waals surface area contributed by atoms with Crippen molar-refractivity contribution in [2.45, 2.75) is 42.2 Å². The number of morpholine rings is 1.